The Kier molecular flexibility index (Phi) is 7.14. The average molecular weight is 355 g/mol. The second kappa shape index (κ2) is 9.56. The van der Waals surface area contributed by atoms with Crippen molar-refractivity contribution in [2.24, 2.45) is 0 Å². The molecule has 0 saturated carbocycles. The highest BCUT2D eigenvalue weighted by atomic mass is 16.5. The number of ether oxygens (including phenoxy) is 1. The highest BCUT2D eigenvalue weighted by Gasteiger charge is 2.14. The number of hydrogen-bond acceptors (Lipinski definition) is 4. The van der Waals surface area contributed by atoms with Gasteiger partial charge in [-0.1, -0.05) is 31.5 Å². The second-order valence-electron chi connectivity index (χ2n) is 6.13. The molecule has 2 rings (SSSR count). The van der Waals surface area contributed by atoms with Gasteiger partial charge in [0.15, 0.2) is 0 Å². The maximum absolute atomic E-state index is 12.5. The summed E-state index contributed by atoms with van der Waals surface area (Å²) in [6, 6.07) is 12.0. The van der Waals surface area contributed by atoms with Gasteiger partial charge in [0, 0.05) is 6.54 Å². The number of carbonyl (C=O) groups is 2. The molecular weight excluding hydrogens is 330 g/mol. The van der Waals surface area contributed by atoms with Gasteiger partial charge in [0.05, 0.1) is 11.8 Å². The van der Waals surface area contributed by atoms with Gasteiger partial charge in [-0.2, -0.15) is 0 Å². The maximum atomic E-state index is 12.5. The summed E-state index contributed by atoms with van der Waals surface area (Å²) in [4.78, 5) is 28.8. The van der Waals surface area contributed by atoms with E-state index in [9.17, 15) is 9.59 Å². The standard InChI is InChI=1S/C20H25N3O3/c1-4-5-13-21-19(24)16-10-8-11-17(22-16)20(25)23-15-9-6-7-12-18(15)26-14(2)3/h6-12,14H,4-5,13H2,1-3H3,(H,21,24)(H,23,25). The predicted molar refractivity (Wildman–Crippen MR) is 102 cm³/mol. The van der Waals surface area contributed by atoms with Crippen LogP contribution in [0, 0.1) is 0 Å². The van der Waals surface area contributed by atoms with Gasteiger partial charge in [-0.15, -0.1) is 0 Å². The first kappa shape index (κ1) is 19.4. The summed E-state index contributed by atoms with van der Waals surface area (Å²) in [6.07, 6.45) is 1.88. The Bertz CT molecular complexity index is 759. The van der Waals surface area contributed by atoms with Gasteiger partial charge >= 0.3 is 0 Å². The molecule has 0 saturated heterocycles. The number of para-hydroxylation sites is 2. The number of aromatic nitrogens is 1. The molecule has 26 heavy (non-hydrogen) atoms. The van der Waals surface area contributed by atoms with Crippen molar-refractivity contribution in [1.82, 2.24) is 10.3 Å². The minimum Gasteiger partial charge on any atom is -0.489 e. The van der Waals surface area contributed by atoms with Crippen LogP contribution in [0.1, 0.15) is 54.6 Å². The van der Waals surface area contributed by atoms with Crippen molar-refractivity contribution in [3.63, 3.8) is 0 Å². The largest absolute Gasteiger partial charge is 0.489 e. The molecule has 2 amide bonds. The lowest BCUT2D eigenvalue weighted by Gasteiger charge is -2.14. The topological polar surface area (TPSA) is 80.3 Å². The molecule has 2 N–H and O–H groups in total. The SMILES string of the molecule is CCCCNC(=O)c1cccc(C(=O)Nc2ccccc2OC(C)C)n1. The number of carbonyl (C=O) groups excluding carboxylic acids is 2. The lowest BCUT2D eigenvalue weighted by molar-refractivity contribution is 0.0948. The monoisotopic (exact) mass is 355 g/mol. The highest BCUT2D eigenvalue weighted by molar-refractivity contribution is 6.04. The minimum atomic E-state index is -0.395. The van der Waals surface area contributed by atoms with E-state index in [1.165, 1.54) is 0 Å². The maximum Gasteiger partial charge on any atom is 0.274 e. The third-order valence-corrected chi connectivity index (χ3v) is 3.53. The van der Waals surface area contributed by atoms with Gasteiger partial charge in [-0.3, -0.25) is 9.59 Å². The Hall–Kier alpha value is -2.89. The van der Waals surface area contributed by atoms with Crippen LogP contribution in [0.15, 0.2) is 42.5 Å². The first-order chi connectivity index (χ1) is 12.5. The van der Waals surface area contributed by atoms with Crippen molar-refractivity contribution in [3.05, 3.63) is 53.9 Å². The molecule has 1 heterocycles. The van der Waals surface area contributed by atoms with E-state index < -0.39 is 5.91 Å². The zero-order chi connectivity index (χ0) is 18.9. The van der Waals surface area contributed by atoms with Crippen molar-refractivity contribution in [2.45, 2.75) is 39.7 Å². The second-order valence-corrected chi connectivity index (χ2v) is 6.13. The van der Waals surface area contributed by atoms with E-state index in [1.54, 1.807) is 30.3 Å². The van der Waals surface area contributed by atoms with Gasteiger partial charge in [0.1, 0.15) is 17.1 Å². The normalized spacial score (nSPS) is 10.5. The highest BCUT2D eigenvalue weighted by Crippen LogP contribution is 2.25. The third kappa shape index (κ3) is 5.58. The number of nitrogens with one attached hydrogen (secondary N) is 2. The Morgan fingerprint density at radius 3 is 2.42 bits per heavy atom. The molecule has 0 aliphatic carbocycles. The zero-order valence-corrected chi connectivity index (χ0v) is 15.4. The molecule has 0 fully saturated rings. The van der Waals surface area contributed by atoms with Crippen molar-refractivity contribution >= 4 is 17.5 Å². The van der Waals surface area contributed by atoms with Crippen LogP contribution in [-0.2, 0) is 0 Å². The van der Waals surface area contributed by atoms with Gasteiger partial charge in [-0.25, -0.2) is 4.98 Å². The summed E-state index contributed by atoms with van der Waals surface area (Å²) in [5.74, 6) is -0.0889. The van der Waals surface area contributed by atoms with Gasteiger partial charge in [0.25, 0.3) is 11.8 Å². The van der Waals surface area contributed by atoms with E-state index in [0.29, 0.717) is 18.0 Å². The van der Waals surface area contributed by atoms with Crippen LogP contribution in [-0.4, -0.2) is 29.4 Å². The van der Waals surface area contributed by atoms with Crippen LogP contribution >= 0.6 is 0 Å². The van der Waals surface area contributed by atoms with E-state index >= 15 is 0 Å². The summed E-state index contributed by atoms with van der Waals surface area (Å²) in [6.45, 7) is 6.48. The first-order valence-corrected chi connectivity index (χ1v) is 8.83. The number of benzene rings is 1. The molecule has 0 aliphatic heterocycles. The van der Waals surface area contributed by atoms with Crippen LogP contribution in [0.3, 0.4) is 0 Å². The van der Waals surface area contributed by atoms with Crippen LogP contribution in [0.25, 0.3) is 0 Å². The zero-order valence-electron chi connectivity index (χ0n) is 15.4. The molecule has 138 valence electrons. The smallest absolute Gasteiger partial charge is 0.274 e. The minimum absolute atomic E-state index is 0.0127. The number of rotatable bonds is 8. The molecular formula is C20H25N3O3. The first-order valence-electron chi connectivity index (χ1n) is 8.83. The summed E-state index contributed by atoms with van der Waals surface area (Å²) in [5, 5.41) is 5.59. The van der Waals surface area contributed by atoms with Crippen molar-refractivity contribution in [2.75, 3.05) is 11.9 Å². The van der Waals surface area contributed by atoms with Crippen LogP contribution in [0.5, 0.6) is 5.75 Å². The molecule has 1 aromatic heterocycles. The van der Waals surface area contributed by atoms with Crippen molar-refractivity contribution in [1.29, 1.82) is 0 Å². The van der Waals surface area contributed by atoms with Gasteiger partial charge in [-0.05, 0) is 44.5 Å². The molecule has 0 bridgehead atoms. The number of amides is 2. The lowest BCUT2D eigenvalue weighted by atomic mass is 10.2. The fraction of sp³-hybridized carbons (Fsp3) is 0.350. The fourth-order valence-electron chi connectivity index (χ4n) is 2.27. The van der Waals surface area contributed by atoms with Crippen LogP contribution in [0.2, 0.25) is 0 Å². The Balaban J connectivity index is 2.11. The quantitative estimate of drug-likeness (QED) is 0.708. The summed E-state index contributed by atoms with van der Waals surface area (Å²) in [7, 11) is 0. The van der Waals surface area contributed by atoms with Crippen LogP contribution in [0.4, 0.5) is 5.69 Å². The lowest BCUT2D eigenvalue weighted by Crippen LogP contribution is -2.26. The van der Waals surface area contributed by atoms with E-state index in [-0.39, 0.29) is 23.4 Å². The van der Waals surface area contributed by atoms with E-state index in [0.717, 1.165) is 12.8 Å². The number of unbranched alkanes of at least 4 members (excludes halogenated alkanes) is 1. The van der Waals surface area contributed by atoms with Gasteiger partial charge in [0.2, 0.25) is 0 Å². The molecule has 0 unspecified atom stereocenters. The molecule has 0 radical (unpaired) electrons. The van der Waals surface area contributed by atoms with Crippen molar-refractivity contribution in [3.8, 4) is 5.75 Å². The molecule has 6 heteroatoms. The van der Waals surface area contributed by atoms with E-state index in [2.05, 4.69) is 22.5 Å². The number of anilines is 1. The van der Waals surface area contributed by atoms with Crippen LogP contribution < -0.4 is 15.4 Å². The molecule has 2 aromatic rings. The molecule has 0 atom stereocenters. The summed E-state index contributed by atoms with van der Waals surface area (Å²) in [5.41, 5.74) is 0.957. The predicted octanol–water partition coefficient (Wildman–Crippen LogP) is 3.65. The Labute approximate surface area is 154 Å². The summed E-state index contributed by atoms with van der Waals surface area (Å²) >= 11 is 0. The van der Waals surface area contributed by atoms with E-state index in [1.807, 2.05) is 26.0 Å². The number of pyridine rings is 1. The number of hydrogen-bond donors (Lipinski definition) is 2. The fourth-order valence-corrected chi connectivity index (χ4v) is 2.27. The molecule has 0 aliphatic rings. The Morgan fingerprint density at radius 1 is 1.04 bits per heavy atom. The molecule has 6 nitrogen and oxygen atoms in total. The average Bonchev–Trinajstić information content (AvgIpc) is 2.63. The van der Waals surface area contributed by atoms with E-state index in [4.69, 9.17) is 4.74 Å². The summed E-state index contributed by atoms with van der Waals surface area (Å²) < 4.78 is 5.70. The molecule has 1 aromatic carbocycles. The Morgan fingerprint density at radius 2 is 1.73 bits per heavy atom. The molecule has 0 spiro atoms. The number of nitrogens with zero attached hydrogens (tertiary/aromatic N) is 1. The third-order valence-electron chi connectivity index (χ3n) is 3.53. The van der Waals surface area contributed by atoms with Crippen molar-refractivity contribution < 1.29 is 14.3 Å². The van der Waals surface area contributed by atoms with Gasteiger partial charge < -0.3 is 15.4 Å².